The zero-order chi connectivity index (χ0) is 27.0. The van der Waals surface area contributed by atoms with Crippen molar-refractivity contribution < 1.29 is 9.18 Å². The first-order chi connectivity index (χ1) is 18.1. The summed E-state index contributed by atoms with van der Waals surface area (Å²) < 4.78 is 16.4. The van der Waals surface area contributed by atoms with Crippen LogP contribution in [0.1, 0.15) is 61.5 Å². The highest BCUT2D eigenvalue weighted by atomic mass is 19.1. The summed E-state index contributed by atoms with van der Waals surface area (Å²) in [5.74, 6) is -0.00147. The summed E-state index contributed by atoms with van der Waals surface area (Å²) >= 11 is 0. The average molecular weight is 520 g/mol. The van der Waals surface area contributed by atoms with E-state index in [0.717, 1.165) is 43.7 Å². The normalized spacial score (nSPS) is 19.9. The Morgan fingerprint density at radius 1 is 1.26 bits per heavy atom. The number of carbonyl (C=O) groups excluding carboxylic acids is 1. The topological polar surface area (TPSA) is 53.4 Å². The van der Waals surface area contributed by atoms with Crippen molar-refractivity contribution in [2.75, 3.05) is 39.8 Å². The largest absolute Gasteiger partial charge is 0.339 e. The molecule has 6 nitrogen and oxygen atoms in total. The molecule has 2 aliphatic rings. The number of benzene rings is 1. The molecule has 1 amide bonds. The fourth-order valence-electron chi connectivity index (χ4n) is 6.37. The highest BCUT2D eigenvalue weighted by Crippen LogP contribution is 2.35. The Kier molecular flexibility index (Phi) is 7.60. The number of pyridine rings is 1. The van der Waals surface area contributed by atoms with E-state index >= 15 is 0 Å². The first-order valence-electron chi connectivity index (χ1n) is 14.1. The Morgan fingerprint density at radius 3 is 2.76 bits per heavy atom. The number of nitrogens with one attached hydrogen (secondary N) is 1. The van der Waals surface area contributed by atoms with Crippen molar-refractivity contribution in [2.45, 2.75) is 59.4 Å². The Labute approximate surface area is 226 Å². The Balaban J connectivity index is 1.45. The van der Waals surface area contributed by atoms with Gasteiger partial charge in [-0.3, -0.25) is 9.78 Å². The highest BCUT2D eigenvalue weighted by Gasteiger charge is 2.33. The minimum Gasteiger partial charge on any atom is -0.339 e. The molecular weight excluding hydrogens is 477 g/mol. The lowest BCUT2D eigenvalue weighted by molar-refractivity contribution is 0.0754. The first-order valence-corrected chi connectivity index (χ1v) is 14.1. The van der Waals surface area contributed by atoms with Crippen molar-refractivity contribution >= 4 is 16.8 Å². The van der Waals surface area contributed by atoms with Crippen LogP contribution in [0.4, 0.5) is 4.39 Å². The van der Waals surface area contributed by atoms with Gasteiger partial charge in [0.1, 0.15) is 5.82 Å². The van der Waals surface area contributed by atoms with Crippen LogP contribution in [0, 0.1) is 24.1 Å². The number of aromatic nitrogens is 2. The Hall–Kier alpha value is -2.77. The van der Waals surface area contributed by atoms with E-state index in [9.17, 15) is 9.18 Å². The molecule has 1 atom stereocenters. The van der Waals surface area contributed by atoms with Crippen LogP contribution >= 0.6 is 0 Å². The van der Waals surface area contributed by atoms with E-state index < -0.39 is 5.82 Å². The molecule has 0 bridgehead atoms. The van der Waals surface area contributed by atoms with Crippen molar-refractivity contribution in [2.24, 2.45) is 11.3 Å². The van der Waals surface area contributed by atoms with Crippen LogP contribution in [0.3, 0.4) is 0 Å². The van der Waals surface area contributed by atoms with Gasteiger partial charge in [-0.15, -0.1) is 0 Å². The number of carbonyl (C=O) groups is 1. The maximum Gasteiger partial charge on any atom is 0.256 e. The van der Waals surface area contributed by atoms with Crippen molar-refractivity contribution in [3.8, 4) is 5.69 Å². The predicted octanol–water partition coefficient (Wildman–Crippen LogP) is 5.21. The van der Waals surface area contributed by atoms with Crippen LogP contribution in [-0.4, -0.2) is 71.1 Å². The molecule has 0 saturated carbocycles. The number of halogens is 1. The Bertz CT molecular complexity index is 1310. The summed E-state index contributed by atoms with van der Waals surface area (Å²) in [6.07, 6.45) is 10.6. The summed E-state index contributed by atoms with van der Waals surface area (Å²) in [5, 5.41) is 4.70. The minimum atomic E-state index is -0.409. The molecule has 38 heavy (non-hydrogen) atoms. The second-order valence-corrected chi connectivity index (χ2v) is 12.2. The van der Waals surface area contributed by atoms with Crippen LogP contribution in [0.25, 0.3) is 16.6 Å². The number of aryl methyl sites for hydroxylation is 1. The van der Waals surface area contributed by atoms with E-state index in [0.29, 0.717) is 22.6 Å². The molecule has 5 rings (SSSR count). The lowest BCUT2D eigenvalue weighted by atomic mass is 9.80. The van der Waals surface area contributed by atoms with E-state index in [-0.39, 0.29) is 11.9 Å². The molecule has 0 unspecified atom stereocenters. The molecule has 2 saturated heterocycles. The van der Waals surface area contributed by atoms with Crippen LogP contribution in [-0.2, 0) is 6.42 Å². The van der Waals surface area contributed by atoms with Gasteiger partial charge in [0.05, 0.1) is 23.0 Å². The van der Waals surface area contributed by atoms with Crippen molar-refractivity contribution in [3.05, 3.63) is 59.3 Å². The lowest BCUT2D eigenvalue weighted by Crippen LogP contribution is -2.42. The summed E-state index contributed by atoms with van der Waals surface area (Å²) in [6, 6.07) is 4.53. The number of amides is 1. The summed E-state index contributed by atoms with van der Waals surface area (Å²) in [5.41, 5.74) is 4.84. The van der Waals surface area contributed by atoms with Crippen LogP contribution in [0.15, 0.2) is 36.8 Å². The van der Waals surface area contributed by atoms with Crippen LogP contribution in [0.5, 0.6) is 0 Å². The molecule has 2 aromatic heterocycles. The molecule has 2 aliphatic heterocycles. The molecule has 3 aromatic rings. The number of fused-ring (bicyclic) bond motifs is 1. The molecular formula is C31H42FN5O. The molecule has 0 spiro atoms. The molecule has 204 valence electrons. The van der Waals surface area contributed by atoms with Gasteiger partial charge in [0.15, 0.2) is 0 Å². The zero-order valence-electron chi connectivity index (χ0n) is 23.6. The first kappa shape index (κ1) is 26.8. The average Bonchev–Trinajstić information content (AvgIpc) is 3.48. The van der Waals surface area contributed by atoms with Gasteiger partial charge in [0.2, 0.25) is 0 Å². The molecule has 0 radical (unpaired) electrons. The third-order valence-corrected chi connectivity index (χ3v) is 8.82. The SMILES string of the molecule is Cc1cncc2c1c(C[C@@H]1CCN(CC3(C)CCNCC3)C1)cn2-c1ccc(F)cc1C(=O)N(C)C(C)C. The van der Waals surface area contributed by atoms with Crippen LogP contribution in [0.2, 0.25) is 0 Å². The van der Waals surface area contributed by atoms with E-state index in [1.807, 2.05) is 30.8 Å². The zero-order valence-corrected chi connectivity index (χ0v) is 23.6. The second-order valence-electron chi connectivity index (χ2n) is 12.2. The molecule has 1 aromatic carbocycles. The molecule has 4 heterocycles. The van der Waals surface area contributed by atoms with Gasteiger partial charge in [-0.1, -0.05) is 6.92 Å². The number of hydrogen-bond acceptors (Lipinski definition) is 4. The summed E-state index contributed by atoms with van der Waals surface area (Å²) in [6.45, 7) is 14.2. The quantitative estimate of drug-likeness (QED) is 0.466. The number of likely N-dealkylation sites (tertiary alicyclic amines) is 1. The molecule has 1 N–H and O–H groups in total. The van der Waals surface area contributed by atoms with E-state index in [2.05, 4.69) is 35.2 Å². The minimum absolute atomic E-state index is 0.0111. The summed E-state index contributed by atoms with van der Waals surface area (Å²) in [7, 11) is 1.77. The monoisotopic (exact) mass is 519 g/mol. The van der Waals surface area contributed by atoms with Gasteiger partial charge < -0.3 is 19.7 Å². The van der Waals surface area contributed by atoms with Crippen LogP contribution < -0.4 is 5.32 Å². The molecule has 7 heteroatoms. The molecule has 0 aliphatic carbocycles. The maximum absolute atomic E-state index is 14.4. The third-order valence-electron chi connectivity index (χ3n) is 8.82. The lowest BCUT2D eigenvalue weighted by Gasteiger charge is -2.37. The van der Waals surface area contributed by atoms with E-state index in [1.54, 1.807) is 18.0 Å². The number of rotatable bonds is 7. The van der Waals surface area contributed by atoms with E-state index in [1.165, 1.54) is 48.9 Å². The Morgan fingerprint density at radius 2 is 2.03 bits per heavy atom. The number of piperidine rings is 1. The maximum atomic E-state index is 14.4. The van der Waals surface area contributed by atoms with Crippen molar-refractivity contribution in [3.63, 3.8) is 0 Å². The third kappa shape index (κ3) is 5.36. The predicted molar refractivity (Wildman–Crippen MR) is 151 cm³/mol. The van der Waals surface area contributed by atoms with Crippen molar-refractivity contribution in [1.82, 2.24) is 24.7 Å². The second kappa shape index (κ2) is 10.8. The van der Waals surface area contributed by atoms with Gasteiger partial charge >= 0.3 is 0 Å². The summed E-state index contributed by atoms with van der Waals surface area (Å²) in [4.78, 5) is 22.2. The fraction of sp³-hybridized carbons (Fsp3) is 0.548. The number of hydrogen-bond donors (Lipinski definition) is 1. The fourth-order valence-corrected chi connectivity index (χ4v) is 6.37. The van der Waals surface area contributed by atoms with Crippen molar-refractivity contribution in [1.29, 1.82) is 0 Å². The molecule has 2 fully saturated rings. The van der Waals surface area contributed by atoms with Gasteiger partial charge in [-0.05, 0) is 107 Å². The standard InChI is InChI=1S/C31H42FN5O/c1-21(2)35(5)30(38)26-15-25(32)6-7-27(26)37-19-24(29-22(3)16-34-17-28(29)37)14-23-8-13-36(18-23)20-31(4)9-11-33-12-10-31/h6-7,15-17,19,21,23,33H,8-14,18,20H2,1-5H3/t23-/m0/s1. The smallest absolute Gasteiger partial charge is 0.256 e. The highest BCUT2D eigenvalue weighted by molar-refractivity contribution is 5.99. The van der Waals surface area contributed by atoms with Gasteiger partial charge in [0.25, 0.3) is 5.91 Å². The van der Waals surface area contributed by atoms with Gasteiger partial charge in [-0.2, -0.15) is 0 Å². The van der Waals surface area contributed by atoms with Gasteiger partial charge in [-0.25, -0.2) is 4.39 Å². The van der Waals surface area contributed by atoms with Gasteiger partial charge in [0, 0.05) is 44.0 Å². The van der Waals surface area contributed by atoms with E-state index in [4.69, 9.17) is 0 Å². The number of nitrogens with zero attached hydrogens (tertiary/aromatic N) is 4.